The fraction of sp³-hybridized carbons (Fsp3) is 0.333. The number of hydrogen-bond acceptors (Lipinski definition) is 3. The van der Waals surface area contributed by atoms with Crippen molar-refractivity contribution in [3.63, 3.8) is 0 Å². The molecule has 0 aliphatic carbocycles. The summed E-state index contributed by atoms with van der Waals surface area (Å²) in [5, 5.41) is 0. The van der Waals surface area contributed by atoms with Crippen LogP contribution < -0.4 is 5.73 Å². The summed E-state index contributed by atoms with van der Waals surface area (Å²) >= 11 is 0. The lowest BCUT2D eigenvalue weighted by Crippen LogP contribution is -2.17. The summed E-state index contributed by atoms with van der Waals surface area (Å²) in [5.74, 6) is 0. The van der Waals surface area contributed by atoms with Crippen LogP contribution >= 0.6 is 0 Å². The maximum absolute atomic E-state index is 12.6. The van der Waals surface area contributed by atoms with E-state index in [2.05, 4.69) is 4.98 Å². The Hall–Kier alpha value is -1.57. The second-order valence-corrected chi connectivity index (χ2v) is 3.08. The van der Waals surface area contributed by atoms with Crippen molar-refractivity contribution in [2.24, 2.45) is 5.73 Å². The van der Waals surface area contributed by atoms with E-state index in [1.165, 1.54) is 0 Å². The molecule has 0 unspecified atom stereocenters. The van der Waals surface area contributed by atoms with Crippen LogP contribution in [0.2, 0.25) is 0 Å². The molecule has 0 amide bonds. The SMILES string of the molecule is NCc1c(C(F)(F)F)cc(C(F)F)nc1C=O. The highest BCUT2D eigenvalue weighted by Crippen LogP contribution is 2.34. The van der Waals surface area contributed by atoms with E-state index in [0.717, 1.165) is 0 Å². The Bertz CT molecular complexity index is 430. The topological polar surface area (TPSA) is 56.0 Å². The van der Waals surface area contributed by atoms with Gasteiger partial charge in [0.15, 0.2) is 6.29 Å². The van der Waals surface area contributed by atoms with Gasteiger partial charge < -0.3 is 5.73 Å². The molecule has 0 fully saturated rings. The minimum absolute atomic E-state index is 0.0245. The van der Waals surface area contributed by atoms with Crippen molar-refractivity contribution in [3.8, 4) is 0 Å². The van der Waals surface area contributed by atoms with Crippen molar-refractivity contribution in [2.45, 2.75) is 19.1 Å². The van der Waals surface area contributed by atoms with Crippen LogP contribution in [-0.4, -0.2) is 11.3 Å². The lowest BCUT2D eigenvalue weighted by atomic mass is 10.0. The molecule has 17 heavy (non-hydrogen) atoms. The summed E-state index contributed by atoms with van der Waals surface area (Å²) < 4.78 is 62.3. The molecule has 0 saturated heterocycles. The van der Waals surface area contributed by atoms with E-state index in [0.29, 0.717) is 0 Å². The molecule has 8 heteroatoms. The van der Waals surface area contributed by atoms with E-state index in [-0.39, 0.29) is 12.4 Å². The van der Waals surface area contributed by atoms with Crippen LogP contribution in [0.3, 0.4) is 0 Å². The molecule has 0 saturated carbocycles. The summed E-state index contributed by atoms with van der Waals surface area (Å²) in [6.07, 6.45) is -8.08. The average Bonchev–Trinajstić information content (AvgIpc) is 2.25. The molecule has 1 aromatic heterocycles. The van der Waals surface area contributed by atoms with Gasteiger partial charge >= 0.3 is 6.18 Å². The first-order valence-corrected chi connectivity index (χ1v) is 4.35. The number of alkyl halides is 5. The molecule has 0 aromatic carbocycles. The third-order valence-corrected chi connectivity index (χ3v) is 2.02. The van der Waals surface area contributed by atoms with Crippen LogP contribution in [0.25, 0.3) is 0 Å². The minimum Gasteiger partial charge on any atom is -0.326 e. The van der Waals surface area contributed by atoms with Crippen molar-refractivity contribution in [3.05, 3.63) is 28.6 Å². The summed E-state index contributed by atoms with van der Waals surface area (Å²) in [7, 11) is 0. The van der Waals surface area contributed by atoms with Gasteiger partial charge in [0.25, 0.3) is 6.43 Å². The lowest BCUT2D eigenvalue weighted by Gasteiger charge is -2.14. The van der Waals surface area contributed by atoms with E-state index >= 15 is 0 Å². The third kappa shape index (κ3) is 2.76. The predicted molar refractivity (Wildman–Crippen MR) is 47.5 cm³/mol. The van der Waals surface area contributed by atoms with E-state index in [1.807, 2.05) is 0 Å². The predicted octanol–water partition coefficient (Wildman–Crippen LogP) is 2.31. The molecule has 3 nitrogen and oxygen atoms in total. The maximum Gasteiger partial charge on any atom is 0.416 e. The molecule has 0 bridgehead atoms. The number of nitrogens with zero attached hydrogens (tertiary/aromatic N) is 1. The first-order valence-electron chi connectivity index (χ1n) is 4.35. The van der Waals surface area contributed by atoms with Gasteiger partial charge in [-0.3, -0.25) is 4.79 Å². The number of hydrogen-bond donors (Lipinski definition) is 1. The molecule has 0 radical (unpaired) electrons. The lowest BCUT2D eigenvalue weighted by molar-refractivity contribution is -0.138. The second-order valence-electron chi connectivity index (χ2n) is 3.08. The summed E-state index contributed by atoms with van der Waals surface area (Å²) in [5.41, 5.74) is 1.31. The zero-order chi connectivity index (χ0) is 13.2. The van der Waals surface area contributed by atoms with E-state index in [9.17, 15) is 26.7 Å². The number of pyridine rings is 1. The molecule has 1 aromatic rings. The van der Waals surface area contributed by atoms with Crippen molar-refractivity contribution in [1.82, 2.24) is 4.98 Å². The van der Waals surface area contributed by atoms with Gasteiger partial charge in [-0.1, -0.05) is 0 Å². The van der Waals surface area contributed by atoms with Crippen molar-refractivity contribution in [2.75, 3.05) is 0 Å². The monoisotopic (exact) mass is 254 g/mol. The molecule has 0 aliphatic heterocycles. The highest BCUT2D eigenvalue weighted by molar-refractivity contribution is 5.75. The van der Waals surface area contributed by atoms with Gasteiger partial charge in [0.2, 0.25) is 0 Å². The van der Waals surface area contributed by atoms with Crippen molar-refractivity contribution >= 4 is 6.29 Å². The highest BCUT2D eigenvalue weighted by Gasteiger charge is 2.35. The maximum atomic E-state index is 12.6. The standard InChI is InChI=1S/C9H7F5N2O/c10-8(11)6-1-5(9(12,13)14)4(2-15)7(3-17)16-6/h1,3,8H,2,15H2. The van der Waals surface area contributed by atoms with Crippen LogP contribution in [0.4, 0.5) is 22.0 Å². The van der Waals surface area contributed by atoms with E-state index < -0.39 is 41.7 Å². The minimum atomic E-state index is -4.86. The van der Waals surface area contributed by atoms with Gasteiger partial charge in [0.05, 0.1) is 5.56 Å². The summed E-state index contributed by atoms with van der Waals surface area (Å²) in [6.45, 7) is -0.612. The Morgan fingerprint density at radius 1 is 1.41 bits per heavy atom. The number of carbonyl (C=O) groups is 1. The van der Waals surface area contributed by atoms with Crippen LogP contribution in [0.5, 0.6) is 0 Å². The normalized spacial score (nSPS) is 11.9. The fourth-order valence-corrected chi connectivity index (χ4v) is 1.29. The Morgan fingerprint density at radius 3 is 2.35 bits per heavy atom. The van der Waals surface area contributed by atoms with Crippen LogP contribution in [-0.2, 0) is 12.7 Å². The van der Waals surface area contributed by atoms with E-state index in [1.54, 1.807) is 0 Å². The molecule has 0 atom stereocenters. The van der Waals surface area contributed by atoms with Crippen LogP contribution in [0, 0.1) is 0 Å². The van der Waals surface area contributed by atoms with Gasteiger partial charge in [-0.25, -0.2) is 13.8 Å². The third-order valence-electron chi connectivity index (χ3n) is 2.02. The first-order chi connectivity index (χ1) is 7.81. The van der Waals surface area contributed by atoms with E-state index in [4.69, 9.17) is 5.73 Å². The van der Waals surface area contributed by atoms with Crippen molar-refractivity contribution in [1.29, 1.82) is 0 Å². The smallest absolute Gasteiger partial charge is 0.326 e. The Balaban J connectivity index is 3.54. The number of aldehydes is 1. The van der Waals surface area contributed by atoms with Gasteiger partial charge in [-0.05, 0) is 6.07 Å². The molecular weight excluding hydrogens is 247 g/mol. The highest BCUT2D eigenvalue weighted by atomic mass is 19.4. The zero-order valence-electron chi connectivity index (χ0n) is 8.26. The molecule has 0 aliphatic rings. The van der Waals surface area contributed by atoms with Crippen molar-refractivity contribution < 1.29 is 26.7 Å². The number of carbonyl (C=O) groups excluding carboxylic acids is 1. The van der Waals surface area contributed by atoms with Gasteiger partial charge in [-0.2, -0.15) is 13.2 Å². The quantitative estimate of drug-likeness (QED) is 0.665. The summed E-state index contributed by atoms with van der Waals surface area (Å²) in [4.78, 5) is 13.6. The van der Waals surface area contributed by atoms with Gasteiger partial charge in [0.1, 0.15) is 11.4 Å². The zero-order valence-corrected chi connectivity index (χ0v) is 8.26. The van der Waals surface area contributed by atoms with Crippen LogP contribution in [0.15, 0.2) is 6.07 Å². The Morgan fingerprint density at radius 2 is 2.00 bits per heavy atom. The molecule has 2 N–H and O–H groups in total. The number of nitrogens with two attached hydrogens (primary N) is 1. The second kappa shape index (κ2) is 4.74. The number of aromatic nitrogens is 1. The molecule has 94 valence electrons. The molecule has 1 heterocycles. The summed E-state index contributed by atoms with van der Waals surface area (Å²) in [6, 6.07) is 0.208. The van der Waals surface area contributed by atoms with Gasteiger partial charge in [0, 0.05) is 12.1 Å². The molecule has 0 spiro atoms. The average molecular weight is 254 g/mol. The fourth-order valence-electron chi connectivity index (χ4n) is 1.29. The van der Waals surface area contributed by atoms with Gasteiger partial charge in [-0.15, -0.1) is 0 Å². The number of rotatable bonds is 3. The molecular formula is C9H7F5N2O. The Labute approximate surface area is 92.4 Å². The first kappa shape index (κ1) is 13.5. The largest absolute Gasteiger partial charge is 0.416 e. The number of halogens is 5. The molecule has 1 rings (SSSR count). The van der Waals surface area contributed by atoms with Crippen LogP contribution in [0.1, 0.15) is 33.7 Å². The Kier molecular flexibility index (Phi) is 3.76.